The summed E-state index contributed by atoms with van der Waals surface area (Å²) in [5.74, 6) is -0.349. The Morgan fingerprint density at radius 3 is 2.46 bits per heavy atom. The topological polar surface area (TPSA) is 170 Å². The molecule has 81 heavy (non-hydrogen) atoms. The molecular weight excluding hydrogens is 1040 g/mol. The number of esters is 1. The molecule has 2 saturated carbocycles. The third-order valence-corrected chi connectivity index (χ3v) is 19.3. The lowest BCUT2D eigenvalue weighted by Gasteiger charge is -2.38. The molecule has 1 unspecified atom stereocenters. The number of methoxy groups -OCH3 is 1. The number of amides is 3. The van der Waals surface area contributed by atoms with Crippen LogP contribution in [0.4, 0.5) is 18.9 Å². The van der Waals surface area contributed by atoms with Gasteiger partial charge < -0.3 is 29.2 Å². The van der Waals surface area contributed by atoms with Crippen molar-refractivity contribution in [2.75, 3.05) is 97.2 Å². The number of hydrazine groups is 1. The molecule has 3 aromatic rings. The van der Waals surface area contributed by atoms with E-state index < -0.39 is 48.3 Å². The zero-order valence-electron chi connectivity index (χ0n) is 48.3. The van der Waals surface area contributed by atoms with E-state index in [-0.39, 0.29) is 54.7 Å². The highest BCUT2D eigenvalue weighted by molar-refractivity contribution is 5.95. The molecule has 17 nitrogen and oxygen atoms in total. The molecule has 7 fully saturated rings. The van der Waals surface area contributed by atoms with Crippen molar-refractivity contribution in [3.8, 4) is 11.3 Å². The summed E-state index contributed by atoms with van der Waals surface area (Å²) >= 11 is 0. The summed E-state index contributed by atoms with van der Waals surface area (Å²) in [5.41, 5.74) is 7.62. The second-order valence-corrected chi connectivity index (χ2v) is 26.5. The first kappa shape index (κ1) is 56.4. The van der Waals surface area contributed by atoms with Gasteiger partial charge in [0.25, 0.3) is 5.91 Å². The van der Waals surface area contributed by atoms with Crippen molar-refractivity contribution in [2.45, 2.75) is 154 Å². The summed E-state index contributed by atoms with van der Waals surface area (Å²) in [7, 11) is 1.58. The van der Waals surface area contributed by atoms with Crippen molar-refractivity contribution in [2.24, 2.45) is 22.7 Å². The summed E-state index contributed by atoms with van der Waals surface area (Å²) < 4.78 is 59.2. The highest BCUT2D eigenvalue weighted by Crippen LogP contribution is 2.46. The van der Waals surface area contributed by atoms with Crippen molar-refractivity contribution >= 4 is 45.9 Å². The summed E-state index contributed by atoms with van der Waals surface area (Å²) in [6.45, 7) is 16.3. The van der Waals surface area contributed by atoms with E-state index in [2.05, 4.69) is 41.7 Å². The van der Waals surface area contributed by atoms with Gasteiger partial charge in [0.2, 0.25) is 11.8 Å². The maximum Gasteiger partial charge on any atom is 0.406 e. The molecule has 3 N–H and O–H groups in total. The minimum atomic E-state index is -4.58. The summed E-state index contributed by atoms with van der Waals surface area (Å²) in [6, 6.07) is 6.27. The molecule has 2 aromatic heterocycles. The van der Waals surface area contributed by atoms with Crippen LogP contribution in [0.2, 0.25) is 0 Å². The number of piperazine rings is 1. The molecule has 20 heteroatoms. The van der Waals surface area contributed by atoms with Crippen LogP contribution in [-0.2, 0) is 41.6 Å². The van der Waals surface area contributed by atoms with Crippen LogP contribution >= 0.6 is 0 Å². The highest BCUT2D eigenvalue weighted by Gasteiger charge is 2.55. The van der Waals surface area contributed by atoms with Crippen molar-refractivity contribution in [1.29, 1.82) is 0 Å². The van der Waals surface area contributed by atoms with Gasteiger partial charge in [0, 0.05) is 118 Å². The predicted octanol–water partition coefficient (Wildman–Crippen LogP) is 6.15. The number of fused-ring (bicyclic) bond motifs is 6. The van der Waals surface area contributed by atoms with Crippen molar-refractivity contribution in [1.82, 2.24) is 50.2 Å². The fourth-order valence-corrected chi connectivity index (χ4v) is 14.6. The molecule has 12 rings (SSSR count). The zero-order valence-corrected chi connectivity index (χ0v) is 48.3. The number of hydrogen-bond donors (Lipinski definition) is 3. The molecule has 440 valence electrons. The Kier molecular flexibility index (Phi) is 15.4. The molecule has 9 aliphatic rings. The first-order chi connectivity index (χ1) is 38.7. The SMILES string of the molecule is CO[C@@H](C)c1ncc(N2CCN(C3CC3)CC2)cc1-c1c2c3cc(ccc3n1CC(F)(F)F)C1=CCCN(C1)C[C@H](NC(=O)[C@H](C(C)C)N1CC[C@]3(CCN(C(=O)[C@@H]4N[C@@H]4C4CC4)C3)C1)C(=O)N1CCC[C@H](N1)C(=O)OCC(C)(C)C2. The van der Waals surface area contributed by atoms with E-state index in [0.29, 0.717) is 110 Å². The molecule has 1 aromatic carbocycles. The van der Waals surface area contributed by atoms with Crippen LogP contribution in [0.5, 0.6) is 0 Å². The molecule has 5 saturated heterocycles. The average Bonchev–Trinajstić information content (AvgIpc) is 4.34. The lowest BCUT2D eigenvalue weighted by atomic mass is 9.84. The molecule has 6 bridgehead atoms. The summed E-state index contributed by atoms with van der Waals surface area (Å²) in [5, 5.41) is 8.85. The van der Waals surface area contributed by atoms with Gasteiger partial charge in [-0.25, -0.2) is 5.43 Å². The standard InChI is InChI=1S/C61H84F3N11O6/c1-37(2)53(72-21-17-60(33-72)18-22-73(34-60)57(78)52-51(67-52)39-11-12-39)55(76)66-48-32-69-19-7-9-41(31-69)40-13-16-49-44(27-40)46(29-59(4,5)36-81-58(79)47-10-8-20-75(68-47)56(48)77)54(74(49)35-61(62,63)64)45-28-43(30-65-50(45)38(3)80-6)71-25-23-70(24-26-71)42-14-15-42/h9,13,16,27-28,30,37-39,42,47-48,51-53,67-68H,7-8,10-12,14-15,17-26,29,31-36H2,1-6H3,(H,66,76)/t38-,47-,48-,51+,52+,53-,60-/m0/s1. The third-order valence-electron chi connectivity index (χ3n) is 19.3. The van der Waals surface area contributed by atoms with Gasteiger partial charge in [-0.1, -0.05) is 39.8 Å². The highest BCUT2D eigenvalue weighted by atomic mass is 19.4. The number of carbonyl (C=O) groups excluding carboxylic acids is 4. The number of likely N-dealkylation sites (tertiary alicyclic amines) is 2. The van der Waals surface area contributed by atoms with Crippen LogP contribution < -0.4 is 21.0 Å². The molecule has 3 amide bonds. The molecule has 9 heterocycles. The van der Waals surface area contributed by atoms with Crippen LogP contribution in [0.15, 0.2) is 36.5 Å². The number of ether oxygens (including phenoxy) is 2. The molecular formula is C61H84F3N11O6. The van der Waals surface area contributed by atoms with Crippen LogP contribution in [0.25, 0.3) is 27.7 Å². The van der Waals surface area contributed by atoms with E-state index in [1.54, 1.807) is 13.2 Å². The molecule has 1 spiro atoms. The van der Waals surface area contributed by atoms with Crippen LogP contribution in [0.1, 0.15) is 115 Å². The first-order valence-electron chi connectivity index (χ1n) is 30.2. The number of cyclic esters (lactones) is 1. The predicted molar refractivity (Wildman–Crippen MR) is 303 cm³/mol. The number of halogens is 3. The Labute approximate surface area is 474 Å². The molecule has 8 atom stereocenters. The number of pyridine rings is 1. The first-order valence-corrected chi connectivity index (χ1v) is 30.2. The Bertz CT molecular complexity index is 2930. The van der Waals surface area contributed by atoms with Gasteiger partial charge in [-0.15, -0.1) is 0 Å². The maximum atomic E-state index is 15.2. The van der Waals surface area contributed by atoms with E-state index >= 15 is 18.0 Å². The molecule has 7 aliphatic heterocycles. The quantitative estimate of drug-likeness (QED) is 0.140. The Morgan fingerprint density at radius 2 is 1.73 bits per heavy atom. The molecule has 2 aliphatic carbocycles. The van der Waals surface area contributed by atoms with E-state index in [1.807, 2.05) is 63.9 Å². The maximum absolute atomic E-state index is 15.2. The monoisotopic (exact) mass is 1120 g/mol. The smallest absolute Gasteiger partial charge is 0.406 e. The van der Waals surface area contributed by atoms with Gasteiger partial charge in [-0.3, -0.25) is 49.2 Å². The second-order valence-electron chi connectivity index (χ2n) is 26.5. The van der Waals surface area contributed by atoms with Crippen molar-refractivity contribution in [3.05, 3.63) is 53.4 Å². The summed E-state index contributed by atoms with van der Waals surface area (Å²) in [4.78, 5) is 74.1. The fourth-order valence-electron chi connectivity index (χ4n) is 14.6. The minimum absolute atomic E-state index is 0.0476. The number of hydrogen-bond acceptors (Lipinski definition) is 13. The van der Waals surface area contributed by atoms with Crippen molar-refractivity contribution in [3.63, 3.8) is 0 Å². The summed E-state index contributed by atoms with van der Waals surface area (Å²) in [6.07, 6.45) is 7.32. The van der Waals surface area contributed by atoms with Crippen molar-refractivity contribution < 1.29 is 41.8 Å². The Hall–Kier alpha value is -5.12. The van der Waals surface area contributed by atoms with Gasteiger partial charge in [0.05, 0.1) is 42.0 Å². The third kappa shape index (κ3) is 11.9. The largest absolute Gasteiger partial charge is 0.464 e. The number of carbonyl (C=O) groups is 4. The van der Waals surface area contributed by atoms with Gasteiger partial charge in [-0.05, 0) is 124 Å². The number of nitrogens with one attached hydrogen (secondary N) is 3. The minimum Gasteiger partial charge on any atom is -0.464 e. The van der Waals surface area contributed by atoms with E-state index in [0.717, 1.165) is 62.4 Å². The number of aromatic nitrogens is 2. The van der Waals surface area contributed by atoms with Gasteiger partial charge in [0.1, 0.15) is 24.7 Å². The zero-order chi connectivity index (χ0) is 56.7. The van der Waals surface area contributed by atoms with Crippen LogP contribution in [-0.4, -0.2) is 193 Å². The normalized spacial score (nSPS) is 29.5. The van der Waals surface area contributed by atoms with Gasteiger partial charge >= 0.3 is 12.1 Å². The van der Waals surface area contributed by atoms with E-state index in [9.17, 15) is 14.4 Å². The fraction of sp³-hybridized carbons (Fsp3) is 0.689. The number of nitrogens with zero attached hydrogens (tertiary/aromatic N) is 8. The second kappa shape index (κ2) is 22.1. The van der Waals surface area contributed by atoms with E-state index in [4.69, 9.17) is 14.5 Å². The van der Waals surface area contributed by atoms with Gasteiger partial charge in [-0.2, -0.15) is 13.2 Å². The molecule has 0 radical (unpaired) electrons. The average molecular weight is 1120 g/mol. The van der Waals surface area contributed by atoms with E-state index in [1.165, 1.54) is 35.3 Å². The van der Waals surface area contributed by atoms with Gasteiger partial charge in [0.15, 0.2) is 0 Å². The Balaban J connectivity index is 0.868. The number of benzene rings is 1. The number of rotatable bonds is 12. The number of alkyl halides is 3. The Morgan fingerprint density at radius 1 is 0.951 bits per heavy atom. The van der Waals surface area contributed by atoms with Crippen LogP contribution in [0, 0.1) is 22.7 Å². The lowest BCUT2D eigenvalue weighted by Crippen LogP contribution is -2.63. The number of anilines is 1. The lowest BCUT2D eigenvalue weighted by molar-refractivity contribution is -0.155. The van der Waals surface area contributed by atoms with Crippen LogP contribution in [0.3, 0.4) is 0 Å².